The number of benzene rings is 2. The zero-order valence-electron chi connectivity index (χ0n) is 16.2. The Morgan fingerprint density at radius 2 is 1.68 bits per heavy atom. The molecule has 1 N–H and O–H groups in total. The zero-order chi connectivity index (χ0) is 21.0. The number of hydrogen-bond acceptors (Lipinski definition) is 2. The highest BCUT2D eigenvalue weighted by molar-refractivity contribution is 6.33. The molecule has 2 amide bonds. The van der Waals surface area contributed by atoms with Crippen molar-refractivity contribution in [3.63, 3.8) is 0 Å². The van der Waals surface area contributed by atoms with Crippen LogP contribution in [0.15, 0.2) is 42.5 Å². The summed E-state index contributed by atoms with van der Waals surface area (Å²) in [6.45, 7) is 5.33. The normalized spacial score (nSPS) is 13.1. The molecule has 7 heteroatoms. The number of rotatable bonds is 6. The fourth-order valence-corrected chi connectivity index (χ4v) is 3.01. The van der Waals surface area contributed by atoms with Crippen molar-refractivity contribution in [3.05, 3.63) is 70.2 Å². The van der Waals surface area contributed by atoms with Crippen molar-refractivity contribution in [3.8, 4) is 0 Å². The molecule has 0 saturated heterocycles. The average Bonchev–Trinajstić information content (AvgIpc) is 2.66. The number of hydrogen-bond donors (Lipinski definition) is 1. The first-order valence-electron chi connectivity index (χ1n) is 8.90. The number of carbonyl (C=O) groups excluding carboxylic acids is 2. The van der Waals surface area contributed by atoms with Gasteiger partial charge in [0.05, 0.1) is 16.6 Å². The van der Waals surface area contributed by atoms with Crippen LogP contribution in [0.2, 0.25) is 5.02 Å². The lowest BCUT2D eigenvalue weighted by Gasteiger charge is -2.31. The molecule has 2 rings (SSSR count). The van der Waals surface area contributed by atoms with E-state index < -0.39 is 29.6 Å². The Morgan fingerprint density at radius 3 is 2.25 bits per heavy atom. The van der Waals surface area contributed by atoms with E-state index in [2.05, 4.69) is 5.32 Å². The van der Waals surface area contributed by atoms with E-state index >= 15 is 0 Å². The van der Waals surface area contributed by atoms with Gasteiger partial charge in [-0.05, 0) is 42.7 Å². The van der Waals surface area contributed by atoms with Crippen molar-refractivity contribution in [1.82, 2.24) is 10.2 Å². The van der Waals surface area contributed by atoms with Gasteiger partial charge in [0, 0.05) is 7.05 Å². The lowest BCUT2D eigenvalue weighted by Crippen LogP contribution is -2.50. The van der Waals surface area contributed by atoms with Crippen molar-refractivity contribution < 1.29 is 18.4 Å². The maximum atomic E-state index is 13.5. The van der Waals surface area contributed by atoms with E-state index in [1.807, 2.05) is 13.8 Å². The van der Waals surface area contributed by atoms with Gasteiger partial charge in [-0.3, -0.25) is 9.59 Å². The molecule has 150 valence electrons. The molecule has 0 bridgehead atoms. The molecule has 0 aliphatic heterocycles. The van der Waals surface area contributed by atoms with Gasteiger partial charge in [0.15, 0.2) is 11.6 Å². The first kappa shape index (κ1) is 21.8. The maximum Gasteiger partial charge on any atom is 0.253 e. The van der Waals surface area contributed by atoms with Gasteiger partial charge < -0.3 is 10.2 Å². The second-order valence-corrected chi connectivity index (χ2v) is 7.38. The average molecular weight is 409 g/mol. The lowest BCUT2D eigenvalue weighted by molar-refractivity contribution is -0.135. The van der Waals surface area contributed by atoms with Crippen LogP contribution in [0.25, 0.3) is 0 Å². The Hall–Kier alpha value is -2.47. The minimum absolute atomic E-state index is 0.196. The number of halogens is 3. The van der Waals surface area contributed by atoms with Crippen LogP contribution in [-0.2, 0) is 4.79 Å². The van der Waals surface area contributed by atoms with Crippen molar-refractivity contribution in [2.24, 2.45) is 5.92 Å². The second kappa shape index (κ2) is 9.15. The molecule has 0 fully saturated rings. The molecule has 0 heterocycles. The quantitative estimate of drug-likeness (QED) is 0.759. The van der Waals surface area contributed by atoms with Gasteiger partial charge >= 0.3 is 0 Å². The fourth-order valence-electron chi connectivity index (χ4n) is 2.78. The summed E-state index contributed by atoms with van der Waals surface area (Å²) in [4.78, 5) is 27.0. The Kier molecular flexibility index (Phi) is 7.13. The molecular formula is C21H23ClF2N2O2. The number of carbonyl (C=O) groups is 2. The van der Waals surface area contributed by atoms with E-state index in [-0.39, 0.29) is 17.4 Å². The third-order valence-electron chi connectivity index (χ3n) is 4.69. The van der Waals surface area contributed by atoms with Gasteiger partial charge in [0.25, 0.3) is 5.91 Å². The van der Waals surface area contributed by atoms with Crippen molar-refractivity contribution in [2.45, 2.75) is 32.9 Å². The van der Waals surface area contributed by atoms with Crippen LogP contribution in [0.5, 0.6) is 0 Å². The highest BCUT2D eigenvalue weighted by atomic mass is 35.5. The van der Waals surface area contributed by atoms with Crippen LogP contribution >= 0.6 is 11.6 Å². The molecule has 4 nitrogen and oxygen atoms in total. The number of likely N-dealkylation sites (N-methyl/N-ethyl adjacent to an activating group) is 1. The number of nitrogens with one attached hydrogen (secondary N) is 1. The molecular weight excluding hydrogens is 386 g/mol. The van der Waals surface area contributed by atoms with Gasteiger partial charge in [-0.25, -0.2) is 8.78 Å². The molecule has 0 spiro atoms. The van der Waals surface area contributed by atoms with Crippen LogP contribution in [0.3, 0.4) is 0 Å². The molecule has 0 aliphatic carbocycles. The summed E-state index contributed by atoms with van der Waals surface area (Å²) in [6.07, 6.45) is 0. The lowest BCUT2D eigenvalue weighted by atomic mass is 10.00. The molecule has 2 aromatic rings. The standard InChI is InChI=1S/C21H23ClF2N2O2/c1-12(2)19(25-20(27)15-7-5-6-8-16(15)22)21(28)26(4)13(3)14-9-10-17(23)18(24)11-14/h5-13,19H,1-4H3,(H,25,27). The first-order valence-corrected chi connectivity index (χ1v) is 9.28. The Labute approximate surface area is 168 Å². The van der Waals surface area contributed by atoms with Crippen molar-refractivity contribution >= 4 is 23.4 Å². The van der Waals surface area contributed by atoms with Crippen LogP contribution in [0.1, 0.15) is 42.7 Å². The van der Waals surface area contributed by atoms with E-state index in [1.54, 1.807) is 38.2 Å². The van der Waals surface area contributed by atoms with Crippen molar-refractivity contribution in [2.75, 3.05) is 7.05 Å². The van der Waals surface area contributed by atoms with Gasteiger partial charge in [0.2, 0.25) is 5.91 Å². The predicted octanol–water partition coefficient (Wildman–Crippen LogP) is 4.59. The highest BCUT2D eigenvalue weighted by Gasteiger charge is 2.30. The molecule has 2 aromatic carbocycles. The van der Waals surface area contributed by atoms with E-state index in [4.69, 9.17) is 11.6 Å². The molecule has 28 heavy (non-hydrogen) atoms. The van der Waals surface area contributed by atoms with Crippen LogP contribution in [0.4, 0.5) is 8.78 Å². The summed E-state index contributed by atoms with van der Waals surface area (Å²) in [5.74, 6) is -2.91. The summed E-state index contributed by atoms with van der Waals surface area (Å²) >= 11 is 6.06. The number of amides is 2. The highest BCUT2D eigenvalue weighted by Crippen LogP contribution is 2.23. The Balaban J connectivity index is 2.20. The largest absolute Gasteiger partial charge is 0.340 e. The summed E-state index contributed by atoms with van der Waals surface area (Å²) in [5.41, 5.74) is 0.730. The van der Waals surface area contributed by atoms with E-state index in [9.17, 15) is 18.4 Å². The molecule has 2 atom stereocenters. The van der Waals surface area contributed by atoms with Gasteiger partial charge in [-0.1, -0.05) is 43.6 Å². The SMILES string of the molecule is CC(C)C(NC(=O)c1ccccc1Cl)C(=O)N(C)C(C)c1ccc(F)c(F)c1. The minimum atomic E-state index is -0.974. The van der Waals surface area contributed by atoms with Gasteiger partial charge in [0.1, 0.15) is 6.04 Å². The van der Waals surface area contributed by atoms with Crippen LogP contribution < -0.4 is 5.32 Å². The fraction of sp³-hybridized carbons (Fsp3) is 0.333. The Bertz CT molecular complexity index is 873. The van der Waals surface area contributed by atoms with E-state index in [0.29, 0.717) is 10.6 Å². The van der Waals surface area contributed by atoms with Gasteiger partial charge in [-0.2, -0.15) is 0 Å². The molecule has 0 radical (unpaired) electrons. The first-order chi connectivity index (χ1) is 13.1. The number of nitrogens with zero attached hydrogens (tertiary/aromatic N) is 1. The van der Waals surface area contributed by atoms with E-state index in [0.717, 1.165) is 12.1 Å². The third kappa shape index (κ3) is 4.87. The zero-order valence-corrected chi connectivity index (χ0v) is 16.9. The third-order valence-corrected chi connectivity index (χ3v) is 5.02. The Morgan fingerprint density at radius 1 is 1.04 bits per heavy atom. The van der Waals surface area contributed by atoms with E-state index in [1.165, 1.54) is 11.0 Å². The summed E-state index contributed by atoms with van der Waals surface area (Å²) < 4.78 is 26.7. The van der Waals surface area contributed by atoms with Gasteiger partial charge in [-0.15, -0.1) is 0 Å². The summed E-state index contributed by atoms with van der Waals surface area (Å²) in [5, 5.41) is 3.02. The monoisotopic (exact) mass is 408 g/mol. The maximum absolute atomic E-state index is 13.5. The minimum Gasteiger partial charge on any atom is -0.340 e. The topological polar surface area (TPSA) is 49.4 Å². The van der Waals surface area contributed by atoms with Crippen molar-refractivity contribution in [1.29, 1.82) is 0 Å². The second-order valence-electron chi connectivity index (χ2n) is 6.97. The smallest absolute Gasteiger partial charge is 0.253 e. The molecule has 0 saturated carbocycles. The molecule has 0 aliphatic rings. The predicted molar refractivity (Wildman–Crippen MR) is 105 cm³/mol. The van der Waals surface area contributed by atoms with Crippen LogP contribution in [0, 0.1) is 17.6 Å². The molecule has 2 unspecified atom stereocenters. The molecule has 0 aromatic heterocycles. The summed E-state index contributed by atoms with van der Waals surface area (Å²) in [7, 11) is 1.56. The van der Waals surface area contributed by atoms with Crippen LogP contribution in [-0.4, -0.2) is 29.8 Å². The summed E-state index contributed by atoms with van der Waals surface area (Å²) in [6, 6.07) is 8.77.